The molecule has 210 valence electrons. The monoisotopic (exact) mass is 571 g/mol. The van der Waals surface area contributed by atoms with Crippen molar-refractivity contribution in [2.75, 3.05) is 63.0 Å². The van der Waals surface area contributed by atoms with Gasteiger partial charge in [-0.05, 0) is 26.3 Å². The largest absolute Gasteiger partial charge is 0.353 e. The molecule has 9 nitrogen and oxygen atoms in total. The molecular weight excluding hydrogens is 534 g/mol. The van der Waals surface area contributed by atoms with Crippen LogP contribution in [-0.2, 0) is 4.79 Å². The molecule has 2 aromatic rings. The Morgan fingerprint density at radius 1 is 1.10 bits per heavy atom. The number of hydrogen-bond acceptors (Lipinski definition) is 7. The molecule has 39 heavy (non-hydrogen) atoms. The third kappa shape index (κ3) is 8.58. The molecule has 2 aliphatic rings. The Labute approximate surface area is 240 Å². The number of thioether (sulfide) groups is 1. The van der Waals surface area contributed by atoms with Crippen LogP contribution < -0.4 is 10.2 Å². The molecule has 0 spiro atoms. The summed E-state index contributed by atoms with van der Waals surface area (Å²) in [6.45, 7) is 11.8. The van der Waals surface area contributed by atoms with Crippen LogP contribution in [-0.4, -0.2) is 107 Å². The minimum absolute atomic E-state index is 0.0245. The number of hydrogen-bond donors (Lipinski definition) is 1. The Kier molecular flexibility index (Phi) is 10.5. The lowest BCUT2D eigenvalue weighted by Gasteiger charge is -2.40. The summed E-state index contributed by atoms with van der Waals surface area (Å²) in [4.78, 5) is 42.6. The lowest BCUT2D eigenvalue weighted by atomic mass is 10.2. The van der Waals surface area contributed by atoms with E-state index in [0.29, 0.717) is 43.0 Å². The number of piperazine rings is 2. The Bertz CT molecular complexity index is 1140. The average Bonchev–Trinajstić information content (AvgIpc) is 2.92. The molecule has 4 rings (SSSR count). The summed E-state index contributed by atoms with van der Waals surface area (Å²) in [7, 11) is 0. The number of anilines is 1. The van der Waals surface area contributed by atoms with E-state index in [1.807, 2.05) is 48.8 Å². The van der Waals surface area contributed by atoms with Crippen LogP contribution in [0.3, 0.4) is 0 Å². The predicted molar refractivity (Wildman–Crippen MR) is 158 cm³/mol. The lowest BCUT2D eigenvalue weighted by Crippen LogP contribution is -2.57. The molecular formula is C28H38ClN7O2S. The van der Waals surface area contributed by atoms with Gasteiger partial charge >= 0.3 is 6.03 Å². The van der Waals surface area contributed by atoms with Crippen LogP contribution in [0.2, 0.25) is 5.15 Å². The fourth-order valence-electron chi connectivity index (χ4n) is 4.71. The number of amides is 3. The molecule has 1 unspecified atom stereocenters. The van der Waals surface area contributed by atoms with E-state index in [1.165, 1.54) is 17.3 Å². The fourth-order valence-corrected chi connectivity index (χ4v) is 5.69. The molecule has 11 heteroatoms. The molecule has 3 amide bonds. The van der Waals surface area contributed by atoms with Crippen molar-refractivity contribution in [3.8, 4) is 0 Å². The van der Waals surface area contributed by atoms with E-state index in [0.717, 1.165) is 25.5 Å². The maximum Gasteiger partial charge on any atom is 0.317 e. The van der Waals surface area contributed by atoms with Crippen molar-refractivity contribution >= 4 is 47.2 Å². The number of aromatic nitrogens is 2. The second-order valence-electron chi connectivity index (χ2n) is 10.2. The highest BCUT2D eigenvalue weighted by Crippen LogP contribution is 2.24. The number of nitrogens with one attached hydrogen (secondary N) is 1. The van der Waals surface area contributed by atoms with Gasteiger partial charge in [-0.15, -0.1) is 0 Å². The lowest BCUT2D eigenvalue weighted by molar-refractivity contribution is -0.130. The Balaban J connectivity index is 1.24. The highest BCUT2D eigenvalue weighted by atomic mass is 35.5. The number of carbonyl (C=O) groups excluding carboxylic acids is 2. The van der Waals surface area contributed by atoms with Crippen molar-refractivity contribution in [3.63, 3.8) is 0 Å². The van der Waals surface area contributed by atoms with Gasteiger partial charge in [0.1, 0.15) is 11.0 Å². The van der Waals surface area contributed by atoms with E-state index in [1.54, 1.807) is 6.07 Å². The van der Waals surface area contributed by atoms with Gasteiger partial charge in [0.25, 0.3) is 0 Å². The molecule has 0 radical (unpaired) electrons. The molecule has 0 bridgehead atoms. The standard InChI is InChI=1S/C28H38ClN7O2S/c1-21(2)30-28(38)36-17-16-35(19-22(36)3)25-18-24(29)31-27(32-25)39-20-26(37)34-14-12-33(13-15-34)11-7-10-23-8-5-4-6-9-23/h4-10,18,21-22H,11-17,19-20H2,1-3H3,(H,30,38). The van der Waals surface area contributed by atoms with Gasteiger partial charge in [0, 0.05) is 70.5 Å². The number of rotatable bonds is 8. The molecule has 1 atom stereocenters. The molecule has 0 saturated carbocycles. The van der Waals surface area contributed by atoms with Crippen molar-refractivity contribution in [2.24, 2.45) is 0 Å². The summed E-state index contributed by atoms with van der Waals surface area (Å²) < 4.78 is 0. The summed E-state index contributed by atoms with van der Waals surface area (Å²) in [6.07, 6.45) is 4.31. The fraction of sp³-hybridized carbons (Fsp3) is 0.500. The van der Waals surface area contributed by atoms with Crippen LogP contribution in [0.5, 0.6) is 0 Å². The SMILES string of the molecule is CC(C)NC(=O)N1CCN(c2cc(Cl)nc(SCC(=O)N3CCN(CC=Cc4ccccc4)CC3)n2)CC1C. The van der Waals surface area contributed by atoms with Crippen LogP contribution in [0.1, 0.15) is 26.3 Å². The second-order valence-corrected chi connectivity index (χ2v) is 11.5. The first-order valence-electron chi connectivity index (χ1n) is 13.5. The van der Waals surface area contributed by atoms with Gasteiger partial charge in [-0.1, -0.05) is 65.8 Å². The third-order valence-electron chi connectivity index (χ3n) is 6.81. The van der Waals surface area contributed by atoms with E-state index < -0.39 is 0 Å². The minimum atomic E-state index is -0.0443. The number of benzene rings is 1. The van der Waals surface area contributed by atoms with E-state index in [2.05, 4.69) is 49.4 Å². The van der Waals surface area contributed by atoms with Crippen LogP contribution >= 0.6 is 23.4 Å². The zero-order valence-corrected chi connectivity index (χ0v) is 24.5. The Morgan fingerprint density at radius 2 is 1.85 bits per heavy atom. The molecule has 2 aliphatic heterocycles. The maximum absolute atomic E-state index is 12.9. The smallest absolute Gasteiger partial charge is 0.317 e. The topological polar surface area (TPSA) is 84.9 Å². The number of halogens is 1. The molecule has 3 heterocycles. The summed E-state index contributed by atoms with van der Waals surface area (Å²) >= 11 is 7.65. The summed E-state index contributed by atoms with van der Waals surface area (Å²) in [5.41, 5.74) is 1.19. The highest BCUT2D eigenvalue weighted by Gasteiger charge is 2.29. The molecule has 2 saturated heterocycles. The first kappa shape index (κ1) is 29.2. The van der Waals surface area contributed by atoms with Gasteiger partial charge < -0.3 is 20.0 Å². The maximum atomic E-state index is 12.9. The van der Waals surface area contributed by atoms with Crippen molar-refractivity contribution < 1.29 is 9.59 Å². The molecule has 1 aromatic carbocycles. The van der Waals surface area contributed by atoms with E-state index in [9.17, 15) is 9.59 Å². The number of carbonyl (C=O) groups is 2. The van der Waals surface area contributed by atoms with Gasteiger partial charge in [-0.2, -0.15) is 0 Å². The van der Waals surface area contributed by atoms with Crippen LogP contribution in [0.15, 0.2) is 47.6 Å². The first-order valence-corrected chi connectivity index (χ1v) is 14.9. The van der Waals surface area contributed by atoms with E-state index >= 15 is 0 Å². The van der Waals surface area contributed by atoms with Gasteiger partial charge in [-0.3, -0.25) is 9.69 Å². The molecule has 1 aromatic heterocycles. The third-order valence-corrected chi connectivity index (χ3v) is 7.83. The van der Waals surface area contributed by atoms with Crippen LogP contribution in [0.4, 0.5) is 10.6 Å². The highest BCUT2D eigenvalue weighted by molar-refractivity contribution is 7.99. The van der Waals surface area contributed by atoms with Crippen molar-refractivity contribution in [1.29, 1.82) is 0 Å². The summed E-state index contributed by atoms with van der Waals surface area (Å²) in [5.74, 6) is 1.08. The number of nitrogens with zero attached hydrogens (tertiary/aromatic N) is 6. The van der Waals surface area contributed by atoms with Crippen LogP contribution in [0, 0.1) is 0 Å². The van der Waals surface area contributed by atoms with Crippen LogP contribution in [0.25, 0.3) is 6.08 Å². The predicted octanol–water partition coefficient (Wildman–Crippen LogP) is 3.71. The quantitative estimate of drug-likeness (QED) is 0.294. The minimum Gasteiger partial charge on any atom is -0.353 e. The van der Waals surface area contributed by atoms with E-state index in [-0.39, 0.29) is 29.8 Å². The van der Waals surface area contributed by atoms with Crippen molar-refractivity contribution in [1.82, 2.24) is 30.0 Å². The summed E-state index contributed by atoms with van der Waals surface area (Å²) in [6, 6.07) is 12.1. The Morgan fingerprint density at radius 3 is 2.54 bits per heavy atom. The van der Waals surface area contributed by atoms with Gasteiger partial charge in [0.2, 0.25) is 5.91 Å². The van der Waals surface area contributed by atoms with E-state index in [4.69, 9.17) is 11.6 Å². The Hall–Kier alpha value is -2.82. The first-order chi connectivity index (χ1) is 18.8. The molecule has 0 aliphatic carbocycles. The normalized spacial score (nSPS) is 18.7. The van der Waals surface area contributed by atoms with Gasteiger partial charge in [0.15, 0.2) is 5.16 Å². The number of urea groups is 1. The van der Waals surface area contributed by atoms with Crippen molar-refractivity contribution in [2.45, 2.75) is 38.0 Å². The zero-order valence-electron chi connectivity index (χ0n) is 22.9. The zero-order chi connectivity index (χ0) is 27.8. The van der Waals surface area contributed by atoms with Crippen molar-refractivity contribution in [3.05, 3.63) is 53.2 Å². The second kappa shape index (κ2) is 14.0. The average molecular weight is 572 g/mol. The van der Waals surface area contributed by atoms with Gasteiger partial charge in [0.05, 0.1) is 5.75 Å². The van der Waals surface area contributed by atoms with Gasteiger partial charge in [-0.25, -0.2) is 14.8 Å². The molecule has 1 N–H and O–H groups in total. The summed E-state index contributed by atoms with van der Waals surface area (Å²) in [5, 5.41) is 3.80. The molecule has 2 fully saturated rings.